The number of pyridine rings is 1. The summed E-state index contributed by atoms with van der Waals surface area (Å²) in [6.07, 6.45) is 5.07. The summed E-state index contributed by atoms with van der Waals surface area (Å²) in [6, 6.07) is 1.34. The summed E-state index contributed by atoms with van der Waals surface area (Å²) in [4.78, 5) is 16.3. The number of nitro groups is 1. The van der Waals surface area contributed by atoms with Gasteiger partial charge in [-0.25, -0.2) is 4.98 Å². The Morgan fingerprint density at radius 2 is 2.35 bits per heavy atom. The lowest BCUT2D eigenvalue weighted by molar-refractivity contribution is -0.384. The monoisotopic (exact) mass is 255 g/mol. The predicted molar refractivity (Wildman–Crippen MR) is 66.5 cm³/mol. The highest BCUT2D eigenvalue weighted by molar-refractivity contribution is 6.30. The Bertz CT molecular complexity index is 435. The molecule has 1 saturated carbocycles. The highest BCUT2D eigenvalue weighted by atomic mass is 35.5. The van der Waals surface area contributed by atoms with Crippen LogP contribution in [0.1, 0.15) is 19.3 Å². The molecule has 1 aliphatic rings. The van der Waals surface area contributed by atoms with E-state index in [0.29, 0.717) is 5.82 Å². The maximum Gasteiger partial charge on any atom is 0.313 e. The van der Waals surface area contributed by atoms with E-state index in [2.05, 4.69) is 4.98 Å². The molecule has 92 valence electrons. The minimum Gasteiger partial charge on any atom is -0.354 e. The van der Waals surface area contributed by atoms with Gasteiger partial charge in [0.2, 0.25) is 5.82 Å². The molecule has 0 spiro atoms. The smallest absolute Gasteiger partial charge is 0.313 e. The number of nitrogens with zero attached hydrogens (tertiary/aromatic N) is 3. The molecule has 0 amide bonds. The van der Waals surface area contributed by atoms with Gasteiger partial charge in [-0.15, -0.1) is 0 Å². The number of rotatable bonds is 5. The SMILES string of the molecule is CN(CCC1CC1)c1ncc(Cl)cc1[N+](=O)[O-]. The molecule has 5 nitrogen and oxygen atoms in total. The third-order valence-corrected chi connectivity index (χ3v) is 3.15. The van der Waals surface area contributed by atoms with Crippen LogP contribution in [0.5, 0.6) is 0 Å². The van der Waals surface area contributed by atoms with Gasteiger partial charge in [0.1, 0.15) is 0 Å². The summed E-state index contributed by atoms with van der Waals surface area (Å²) in [5.41, 5.74) is -0.0317. The molecule has 1 aliphatic carbocycles. The van der Waals surface area contributed by atoms with Crippen molar-refractivity contribution in [1.82, 2.24) is 4.98 Å². The molecule has 0 radical (unpaired) electrons. The number of aromatic nitrogens is 1. The van der Waals surface area contributed by atoms with E-state index < -0.39 is 4.92 Å². The zero-order chi connectivity index (χ0) is 12.4. The second-order valence-electron chi connectivity index (χ2n) is 4.41. The molecule has 1 heterocycles. The van der Waals surface area contributed by atoms with E-state index in [1.807, 2.05) is 11.9 Å². The van der Waals surface area contributed by atoms with Crippen molar-refractivity contribution >= 4 is 23.1 Å². The molecular formula is C11H14ClN3O2. The van der Waals surface area contributed by atoms with Crippen molar-refractivity contribution in [1.29, 1.82) is 0 Å². The maximum atomic E-state index is 10.9. The molecule has 6 heteroatoms. The van der Waals surface area contributed by atoms with E-state index in [1.54, 1.807) is 0 Å². The Kier molecular flexibility index (Phi) is 3.47. The second-order valence-corrected chi connectivity index (χ2v) is 4.84. The Morgan fingerprint density at radius 3 is 2.94 bits per heavy atom. The normalized spacial score (nSPS) is 14.7. The van der Waals surface area contributed by atoms with Gasteiger partial charge in [-0.05, 0) is 12.3 Å². The van der Waals surface area contributed by atoms with Gasteiger partial charge in [-0.3, -0.25) is 10.1 Å². The molecule has 1 aromatic rings. The summed E-state index contributed by atoms with van der Waals surface area (Å²) in [5, 5.41) is 11.2. The van der Waals surface area contributed by atoms with E-state index in [-0.39, 0.29) is 10.7 Å². The van der Waals surface area contributed by atoms with Crippen LogP contribution in [0.4, 0.5) is 11.5 Å². The third-order valence-electron chi connectivity index (χ3n) is 2.94. The number of anilines is 1. The van der Waals surface area contributed by atoms with Crippen LogP contribution in [0.2, 0.25) is 5.02 Å². The van der Waals surface area contributed by atoms with Gasteiger partial charge in [0.25, 0.3) is 0 Å². The quantitative estimate of drug-likeness (QED) is 0.600. The van der Waals surface area contributed by atoms with Crippen molar-refractivity contribution in [2.75, 3.05) is 18.5 Å². The van der Waals surface area contributed by atoms with Crippen LogP contribution in [0.3, 0.4) is 0 Å². The Hall–Kier alpha value is -1.36. The lowest BCUT2D eigenvalue weighted by Gasteiger charge is -2.17. The van der Waals surface area contributed by atoms with E-state index in [1.165, 1.54) is 25.1 Å². The van der Waals surface area contributed by atoms with Crippen molar-refractivity contribution in [3.8, 4) is 0 Å². The van der Waals surface area contributed by atoms with Crippen LogP contribution >= 0.6 is 11.6 Å². The van der Waals surface area contributed by atoms with Crippen molar-refractivity contribution in [3.05, 3.63) is 27.4 Å². The van der Waals surface area contributed by atoms with E-state index >= 15 is 0 Å². The van der Waals surface area contributed by atoms with Crippen LogP contribution in [-0.4, -0.2) is 23.5 Å². The largest absolute Gasteiger partial charge is 0.354 e. The minimum atomic E-state index is -0.443. The van der Waals surface area contributed by atoms with Crippen LogP contribution < -0.4 is 4.90 Å². The molecule has 0 unspecified atom stereocenters. The van der Waals surface area contributed by atoms with Crippen molar-refractivity contribution in [3.63, 3.8) is 0 Å². The highest BCUT2D eigenvalue weighted by Gasteiger charge is 2.24. The fraction of sp³-hybridized carbons (Fsp3) is 0.545. The number of hydrogen-bond donors (Lipinski definition) is 0. The molecule has 0 saturated heterocycles. The second kappa shape index (κ2) is 4.87. The molecule has 2 rings (SSSR count). The third kappa shape index (κ3) is 3.06. The van der Waals surface area contributed by atoms with Gasteiger partial charge >= 0.3 is 5.69 Å². The zero-order valence-electron chi connectivity index (χ0n) is 9.60. The fourth-order valence-corrected chi connectivity index (χ4v) is 1.89. The van der Waals surface area contributed by atoms with Crippen LogP contribution in [0.15, 0.2) is 12.3 Å². The van der Waals surface area contributed by atoms with Gasteiger partial charge < -0.3 is 4.90 Å². The Morgan fingerprint density at radius 1 is 1.65 bits per heavy atom. The topological polar surface area (TPSA) is 59.3 Å². The Labute approximate surface area is 105 Å². The minimum absolute atomic E-state index is 0.0317. The van der Waals surface area contributed by atoms with Crippen molar-refractivity contribution < 1.29 is 4.92 Å². The highest BCUT2D eigenvalue weighted by Crippen LogP contribution is 2.34. The molecule has 17 heavy (non-hydrogen) atoms. The first-order chi connectivity index (χ1) is 8.08. The summed E-state index contributed by atoms with van der Waals surface area (Å²) in [7, 11) is 1.83. The molecule has 0 bridgehead atoms. The van der Waals surface area contributed by atoms with Gasteiger partial charge in [0, 0.05) is 25.9 Å². The van der Waals surface area contributed by atoms with Crippen LogP contribution in [0.25, 0.3) is 0 Å². The standard InChI is InChI=1S/C11H14ClN3O2/c1-14(5-4-8-2-3-8)11-10(15(16)17)6-9(12)7-13-11/h6-8H,2-5H2,1H3. The zero-order valence-corrected chi connectivity index (χ0v) is 10.4. The molecule has 0 aromatic carbocycles. The van der Waals surface area contributed by atoms with Gasteiger partial charge in [0.15, 0.2) is 0 Å². The van der Waals surface area contributed by atoms with E-state index in [9.17, 15) is 10.1 Å². The summed E-state index contributed by atoms with van der Waals surface area (Å²) < 4.78 is 0. The van der Waals surface area contributed by atoms with Crippen molar-refractivity contribution in [2.24, 2.45) is 5.92 Å². The average molecular weight is 256 g/mol. The first kappa shape index (κ1) is 12.1. The molecule has 0 atom stereocenters. The number of halogens is 1. The maximum absolute atomic E-state index is 10.9. The van der Waals surface area contributed by atoms with Gasteiger partial charge in [-0.2, -0.15) is 0 Å². The Balaban J connectivity index is 2.14. The van der Waals surface area contributed by atoms with Gasteiger partial charge in [-0.1, -0.05) is 24.4 Å². The van der Waals surface area contributed by atoms with Gasteiger partial charge in [0.05, 0.1) is 9.95 Å². The summed E-state index contributed by atoms with van der Waals surface area (Å²) >= 11 is 5.72. The molecule has 0 aliphatic heterocycles. The first-order valence-corrected chi connectivity index (χ1v) is 5.97. The van der Waals surface area contributed by atoms with Crippen LogP contribution in [0, 0.1) is 16.0 Å². The fourth-order valence-electron chi connectivity index (χ4n) is 1.74. The molecule has 0 N–H and O–H groups in total. The predicted octanol–water partition coefficient (Wildman–Crippen LogP) is 2.88. The average Bonchev–Trinajstić information content (AvgIpc) is 3.09. The van der Waals surface area contributed by atoms with E-state index in [0.717, 1.165) is 18.9 Å². The molecule has 1 fully saturated rings. The summed E-state index contributed by atoms with van der Waals surface area (Å²) in [6.45, 7) is 0.792. The lowest BCUT2D eigenvalue weighted by atomic mass is 10.2. The number of hydrogen-bond acceptors (Lipinski definition) is 4. The summed E-state index contributed by atoms with van der Waals surface area (Å²) in [5.74, 6) is 1.18. The molecule has 1 aromatic heterocycles. The van der Waals surface area contributed by atoms with E-state index in [4.69, 9.17) is 11.6 Å². The van der Waals surface area contributed by atoms with Crippen LogP contribution in [-0.2, 0) is 0 Å². The van der Waals surface area contributed by atoms with Crippen molar-refractivity contribution in [2.45, 2.75) is 19.3 Å². The first-order valence-electron chi connectivity index (χ1n) is 5.59. The molecular weight excluding hydrogens is 242 g/mol. The lowest BCUT2D eigenvalue weighted by Crippen LogP contribution is -2.21.